The van der Waals surface area contributed by atoms with E-state index in [1.807, 2.05) is 12.1 Å². The summed E-state index contributed by atoms with van der Waals surface area (Å²) in [5.74, 6) is 1.38. The van der Waals surface area contributed by atoms with Crippen LogP contribution < -0.4 is 4.74 Å². The number of phenols is 1. The first kappa shape index (κ1) is 10.6. The lowest BCUT2D eigenvalue weighted by molar-refractivity contribution is 0.412. The van der Waals surface area contributed by atoms with Gasteiger partial charge in [0, 0.05) is 6.20 Å². The largest absolute Gasteiger partial charge is 0.507 e. The summed E-state index contributed by atoms with van der Waals surface area (Å²) in [6.45, 7) is 0. The Morgan fingerprint density at radius 1 is 1.28 bits per heavy atom. The van der Waals surface area contributed by atoms with E-state index in [0.29, 0.717) is 22.8 Å². The number of H-pyrrole nitrogens is 1. The maximum atomic E-state index is 9.87. The first-order chi connectivity index (χ1) is 8.78. The highest BCUT2D eigenvalue weighted by atomic mass is 16.5. The lowest BCUT2D eigenvalue weighted by Crippen LogP contribution is -1.86. The summed E-state index contributed by atoms with van der Waals surface area (Å²) >= 11 is 0. The number of aromatic hydroxyl groups is 1. The molecule has 2 N–H and O–H groups in total. The predicted molar refractivity (Wildman–Crippen MR) is 67.5 cm³/mol. The summed E-state index contributed by atoms with van der Waals surface area (Å²) in [4.78, 5) is 11.6. The fourth-order valence-corrected chi connectivity index (χ4v) is 1.80. The maximum Gasteiger partial charge on any atom is 0.178 e. The summed E-state index contributed by atoms with van der Waals surface area (Å²) in [7, 11) is 1.58. The van der Waals surface area contributed by atoms with Crippen LogP contribution in [0.1, 0.15) is 0 Å². The predicted octanol–water partition coefficient (Wildman–Crippen LogP) is 2.34. The van der Waals surface area contributed by atoms with Gasteiger partial charge in [0.05, 0.1) is 18.2 Å². The van der Waals surface area contributed by atoms with Gasteiger partial charge in [-0.05, 0) is 30.3 Å². The third kappa shape index (κ3) is 1.66. The zero-order chi connectivity index (χ0) is 12.5. The van der Waals surface area contributed by atoms with Crippen molar-refractivity contribution in [3.63, 3.8) is 0 Å². The molecule has 90 valence electrons. The van der Waals surface area contributed by atoms with Gasteiger partial charge in [0.15, 0.2) is 5.65 Å². The molecule has 5 heteroatoms. The molecule has 2 heterocycles. The maximum absolute atomic E-state index is 9.87. The third-order valence-corrected chi connectivity index (χ3v) is 2.72. The summed E-state index contributed by atoms with van der Waals surface area (Å²) in [6.07, 6.45) is 1.68. The fraction of sp³-hybridized carbons (Fsp3) is 0.0769. The van der Waals surface area contributed by atoms with E-state index in [4.69, 9.17) is 4.74 Å². The molecule has 3 aromatic rings. The number of imidazole rings is 1. The van der Waals surface area contributed by atoms with Gasteiger partial charge in [0.25, 0.3) is 0 Å². The van der Waals surface area contributed by atoms with E-state index >= 15 is 0 Å². The molecule has 0 aliphatic carbocycles. The number of nitrogens with zero attached hydrogens (tertiary/aromatic N) is 2. The van der Waals surface area contributed by atoms with Gasteiger partial charge in [-0.1, -0.05) is 0 Å². The molecular formula is C13H11N3O2. The second-order valence-corrected chi connectivity index (χ2v) is 3.84. The van der Waals surface area contributed by atoms with Crippen LogP contribution in [-0.2, 0) is 0 Å². The zero-order valence-corrected chi connectivity index (χ0v) is 9.71. The number of hydrogen-bond donors (Lipinski definition) is 2. The molecule has 0 fully saturated rings. The Labute approximate surface area is 103 Å². The van der Waals surface area contributed by atoms with E-state index in [9.17, 15) is 5.11 Å². The number of benzene rings is 1. The second kappa shape index (κ2) is 4.03. The van der Waals surface area contributed by atoms with Gasteiger partial charge < -0.3 is 14.8 Å². The van der Waals surface area contributed by atoms with E-state index in [1.54, 1.807) is 31.5 Å². The van der Waals surface area contributed by atoms with Crippen molar-refractivity contribution in [3.05, 3.63) is 36.5 Å². The van der Waals surface area contributed by atoms with Crippen LogP contribution in [0.15, 0.2) is 36.5 Å². The molecule has 1 aromatic carbocycles. The Bertz CT molecular complexity index is 673. The zero-order valence-electron chi connectivity index (χ0n) is 9.71. The van der Waals surface area contributed by atoms with Gasteiger partial charge in [0.2, 0.25) is 0 Å². The van der Waals surface area contributed by atoms with Crippen LogP contribution in [0, 0.1) is 0 Å². The smallest absolute Gasteiger partial charge is 0.178 e. The van der Waals surface area contributed by atoms with Gasteiger partial charge >= 0.3 is 0 Å². The van der Waals surface area contributed by atoms with Gasteiger partial charge in [-0.25, -0.2) is 9.97 Å². The highest BCUT2D eigenvalue weighted by Crippen LogP contribution is 2.31. The Kier molecular flexibility index (Phi) is 2.37. The van der Waals surface area contributed by atoms with Crippen LogP contribution in [0.5, 0.6) is 11.5 Å². The van der Waals surface area contributed by atoms with Crippen molar-refractivity contribution < 1.29 is 9.84 Å². The lowest BCUT2D eigenvalue weighted by Gasteiger charge is -2.04. The number of nitrogens with one attached hydrogen (secondary N) is 1. The minimum atomic E-state index is 0.148. The molecule has 0 aliphatic heterocycles. The number of methoxy groups -OCH3 is 1. The number of ether oxygens (including phenoxy) is 1. The summed E-state index contributed by atoms with van der Waals surface area (Å²) < 4.78 is 5.14. The number of rotatable bonds is 2. The Morgan fingerprint density at radius 2 is 2.17 bits per heavy atom. The van der Waals surface area contributed by atoms with Crippen LogP contribution in [-0.4, -0.2) is 27.2 Å². The summed E-state index contributed by atoms with van der Waals surface area (Å²) in [6, 6.07) is 8.72. The fourth-order valence-electron chi connectivity index (χ4n) is 1.80. The second-order valence-electron chi connectivity index (χ2n) is 3.84. The first-order valence-corrected chi connectivity index (χ1v) is 5.46. The molecule has 0 radical (unpaired) electrons. The van der Waals surface area contributed by atoms with Crippen molar-refractivity contribution >= 4 is 11.2 Å². The summed E-state index contributed by atoms with van der Waals surface area (Å²) in [5.41, 5.74) is 2.04. The minimum Gasteiger partial charge on any atom is -0.507 e. The molecule has 18 heavy (non-hydrogen) atoms. The number of pyridine rings is 1. The van der Waals surface area contributed by atoms with Crippen LogP contribution in [0.3, 0.4) is 0 Å². The van der Waals surface area contributed by atoms with E-state index < -0.39 is 0 Å². The van der Waals surface area contributed by atoms with Gasteiger partial charge in [-0.15, -0.1) is 0 Å². The standard InChI is InChI=1S/C13H11N3O2/c1-18-8-4-5-11(17)9(7-8)12-15-10-3-2-6-14-13(10)16-12/h2-7,17H,1H3,(H,14,15,16). The normalized spacial score (nSPS) is 10.7. The third-order valence-electron chi connectivity index (χ3n) is 2.72. The van der Waals surface area contributed by atoms with Gasteiger partial charge in [-0.3, -0.25) is 0 Å². The Balaban J connectivity index is 2.19. The van der Waals surface area contributed by atoms with Crippen molar-refractivity contribution in [2.24, 2.45) is 0 Å². The van der Waals surface area contributed by atoms with Crippen molar-refractivity contribution in [2.45, 2.75) is 0 Å². The Morgan fingerprint density at radius 3 is 2.94 bits per heavy atom. The highest BCUT2D eigenvalue weighted by Gasteiger charge is 2.11. The highest BCUT2D eigenvalue weighted by molar-refractivity contribution is 5.77. The van der Waals surface area contributed by atoms with Gasteiger partial charge in [-0.2, -0.15) is 0 Å². The number of hydrogen-bond acceptors (Lipinski definition) is 4. The van der Waals surface area contributed by atoms with Crippen molar-refractivity contribution in [2.75, 3.05) is 7.11 Å². The molecular weight excluding hydrogens is 230 g/mol. The van der Waals surface area contributed by atoms with Crippen LogP contribution >= 0.6 is 0 Å². The minimum absolute atomic E-state index is 0.148. The molecule has 0 bridgehead atoms. The van der Waals surface area contributed by atoms with E-state index in [1.165, 1.54) is 0 Å². The lowest BCUT2D eigenvalue weighted by atomic mass is 10.2. The molecule has 0 aliphatic rings. The van der Waals surface area contributed by atoms with Crippen molar-refractivity contribution in [1.29, 1.82) is 0 Å². The average molecular weight is 241 g/mol. The Hall–Kier alpha value is -2.56. The summed E-state index contributed by atoms with van der Waals surface area (Å²) in [5, 5.41) is 9.87. The molecule has 3 rings (SSSR count). The molecule has 0 saturated heterocycles. The topological polar surface area (TPSA) is 71.0 Å². The quantitative estimate of drug-likeness (QED) is 0.722. The van der Waals surface area contributed by atoms with E-state index in [0.717, 1.165) is 5.52 Å². The monoisotopic (exact) mass is 241 g/mol. The molecule has 0 atom stereocenters. The van der Waals surface area contributed by atoms with Crippen LogP contribution in [0.4, 0.5) is 0 Å². The van der Waals surface area contributed by atoms with Crippen LogP contribution in [0.2, 0.25) is 0 Å². The molecule has 5 nitrogen and oxygen atoms in total. The van der Waals surface area contributed by atoms with E-state index in [2.05, 4.69) is 15.0 Å². The van der Waals surface area contributed by atoms with Crippen molar-refractivity contribution in [3.8, 4) is 22.9 Å². The molecule has 2 aromatic heterocycles. The number of aromatic nitrogens is 3. The average Bonchev–Trinajstić information content (AvgIpc) is 2.82. The molecule has 0 saturated carbocycles. The molecule has 0 unspecified atom stereocenters. The molecule has 0 spiro atoms. The number of aromatic amines is 1. The number of phenolic OH excluding ortho intramolecular Hbond substituents is 1. The first-order valence-electron chi connectivity index (χ1n) is 5.46. The van der Waals surface area contributed by atoms with E-state index in [-0.39, 0.29) is 5.75 Å². The van der Waals surface area contributed by atoms with Gasteiger partial charge in [0.1, 0.15) is 17.3 Å². The van der Waals surface area contributed by atoms with Crippen LogP contribution in [0.25, 0.3) is 22.6 Å². The molecule has 0 amide bonds. The number of fused-ring (bicyclic) bond motifs is 1. The SMILES string of the molecule is COc1ccc(O)c(-c2nc3ncccc3[nH]2)c1. The van der Waals surface area contributed by atoms with Crippen molar-refractivity contribution in [1.82, 2.24) is 15.0 Å².